The quantitative estimate of drug-likeness (QED) is 0.766. The zero-order chi connectivity index (χ0) is 9.64. The summed E-state index contributed by atoms with van der Waals surface area (Å²) in [4.78, 5) is 0.253. The molecule has 3 nitrogen and oxygen atoms in total. The summed E-state index contributed by atoms with van der Waals surface area (Å²) in [5.41, 5.74) is 0.495. The first-order chi connectivity index (χ1) is 6.00. The lowest BCUT2D eigenvalue weighted by molar-refractivity contribution is 0.204. The number of hydrogen-bond acceptors (Lipinski definition) is 3. The van der Waals surface area contributed by atoms with Crippen molar-refractivity contribution in [2.45, 2.75) is 11.0 Å². The monoisotopic (exact) mass is 262 g/mol. The Hall–Kier alpha value is -0.390. The molecule has 2 rings (SSSR count). The lowest BCUT2D eigenvalue weighted by atomic mass is 10.1. The van der Waals surface area contributed by atoms with Crippen molar-refractivity contribution in [2.75, 3.05) is 5.75 Å². The van der Waals surface area contributed by atoms with Crippen LogP contribution in [0.25, 0.3) is 0 Å². The number of hydrogen-bond donors (Lipinski definition) is 1. The molecule has 1 aliphatic heterocycles. The third kappa shape index (κ3) is 1.41. The standard InChI is InChI=1S/C8H7BrO3S/c9-5-1-2-8-6(3-5)7(10)4-13(8,11)12/h1-3,7,10H,4H2/t7-/m1/s1. The molecule has 13 heavy (non-hydrogen) atoms. The van der Waals surface area contributed by atoms with E-state index in [9.17, 15) is 13.5 Å². The Bertz CT molecular complexity index is 452. The van der Waals surface area contributed by atoms with Crippen LogP contribution in [0.3, 0.4) is 0 Å². The fraction of sp³-hybridized carbons (Fsp3) is 0.250. The van der Waals surface area contributed by atoms with Gasteiger partial charge in [0.05, 0.1) is 16.8 Å². The van der Waals surface area contributed by atoms with E-state index in [4.69, 9.17) is 0 Å². The number of aliphatic hydroxyl groups excluding tert-OH is 1. The second kappa shape index (κ2) is 2.80. The number of fused-ring (bicyclic) bond motifs is 1. The van der Waals surface area contributed by atoms with Crippen molar-refractivity contribution in [3.8, 4) is 0 Å². The van der Waals surface area contributed by atoms with Gasteiger partial charge in [0.1, 0.15) is 0 Å². The Morgan fingerprint density at radius 2 is 2.15 bits per heavy atom. The summed E-state index contributed by atoms with van der Waals surface area (Å²) in [6, 6.07) is 4.82. The van der Waals surface area contributed by atoms with Gasteiger partial charge in [0, 0.05) is 10.0 Å². The molecule has 0 aromatic heterocycles. The maximum absolute atomic E-state index is 11.4. The second-order valence-corrected chi connectivity index (χ2v) is 5.90. The van der Waals surface area contributed by atoms with Gasteiger partial charge in [-0.25, -0.2) is 8.42 Å². The third-order valence-corrected chi connectivity index (χ3v) is 4.33. The Kier molecular flexibility index (Phi) is 1.98. The largest absolute Gasteiger partial charge is 0.387 e. The first-order valence-corrected chi connectivity index (χ1v) is 6.15. The molecule has 5 heteroatoms. The number of sulfone groups is 1. The van der Waals surface area contributed by atoms with Gasteiger partial charge in [-0.1, -0.05) is 15.9 Å². The maximum atomic E-state index is 11.4. The fourth-order valence-corrected chi connectivity index (χ4v) is 3.43. The van der Waals surface area contributed by atoms with Gasteiger partial charge >= 0.3 is 0 Å². The topological polar surface area (TPSA) is 54.4 Å². The van der Waals surface area contributed by atoms with E-state index in [1.165, 1.54) is 6.07 Å². The summed E-state index contributed by atoms with van der Waals surface area (Å²) in [6.07, 6.45) is -0.877. The van der Waals surface area contributed by atoms with E-state index >= 15 is 0 Å². The first-order valence-electron chi connectivity index (χ1n) is 3.71. The van der Waals surface area contributed by atoms with Gasteiger partial charge < -0.3 is 5.11 Å². The molecule has 1 N–H and O–H groups in total. The lowest BCUT2D eigenvalue weighted by Gasteiger charge is -2.00. The van der Waals surface area contributed by atoms with Crippen LogP contribution in [0.4, 0.5) is 0 Å². The second-order valence-electron chi connectivity index (χ2n) is 2.98. The highest BCUT2D eigenvalue weighted by Gasteiger charge is 2.33. The van der Waals surface area contributed by atoms with Crippen molar-refractivity contribution in [3.05, 3.63) is 28.2 Å². The van der Waals surface area contributed by atoms with Crippen LogP contribution in [0, 0.1) is 0 Å². The average Bonchev–Trinajstić information content (AvgIpc) is 2.22. The van der Waals surface area contributed by atoms with E-state index < -0.39 is 15.9 Å². The molecule has 0 unspecified atom stereocenters. The SMILES string of the molecule is O=S1(=O)C[C@@H](O)c2cc(Br)ccc21. The van der Waals surface area contributed by atoms with Crippen LogP contribution in [-0.4, -0.2) is 19.3 Å². The minimum Gasteiger partial charge on any atom is -0.387 e. The third-order valence-electron chi connectivity index (χ3n) is 2.04. The van der Waals surface area contributed by atoms with Gasteiger partial charge in [-0.2, -0.15) is 0 Å². The van der Waals surface area contributed by atoms with E-state index in [-0.39, 0.29) is 10.6 Å². The summed E-state index contributed by atoms with van der Waals surface area (Å²) in [5, 5.41) is 9.44. The minimum atomic E-state index is -3.24. The molecule has 1 aromatic rings. The summed E-state index contributed by atoms with van der Waals surface area (Å²) >= 11 is 3.22. The van der Waals surface area contributed by atoms with Crippen molar-refractivity contribution in [2.24, 2.45) is 0 Å². The van der Waals surface area contributed by atoms with Gasteiger partial charge in [0.25, 0.3) is 0 Å². The predicted octanol–water partition coefficient (Wildman–Crippen LogP) is 1.27. The first kappa shape index (κ1) is 9.18. The number of halogens is 1. The normalized spacial score (nSPS) is 24.3. The van der Waals surface area contributed by atoms with Crippen molar-refractivity contribution in [1.29, 1.82) is 0 Å². The van der Waals surface area contributed by atoms with E-state index in [0.717, 1.165) is 4.47 Å². The van der Waals surface area contributed by atoms with Crippen LogP contribution in [0.15, 0.2) is 27.6 Å². The molecule has 0 aliphatic carbocycles. The van der Waals surface area contributed by atoms with Crippen molar-refractivity contribution in [1.82, 2.24) is 0 Å². The lowest BCUT2D eigenvalue weighted by Crippen LogP contribution is -2.01. The number of rotatable bonds is 0. The fourth-order valence-electron chi connectivity index (χ4n) is 1.45. The van der Waals surface area contributed by atoms with Gasteiger partial charge in [0.15, 0.2) is 9.84 Å². The molecular formula is C8H7BrO3S. The molecule has 0 saturated carbocycles. The molecule has 0 radical (unpaired) electrons. The highest BCUT2D eigenvalue weighted by molar-refractivity contribution is 9.10. The summed E-state index contributed by atoms with van der Waals surface area (Å²) in [7, 11) is -3.24. The number of aliphatic hydroxyl groups is 1. The van der Waals surface area contributed by atoms with Crippen molar-refractivity contribution < 1.29 is 13.5 Å². The summed E-state index contributed by atoms with van der Waals surface area (Å²) in [6.45, 7) is 0. The van der Waals surface area contributed by atoms with Gasteiger partial charge in [0.2, 0.25) is 0 Å². The van der Waals surface area contributed by atoms with E-state index in [1.807, 2.05) is 0 Å². The Morgan fingerprint density at radius 3 is 2.85 bits per heavy atom. The average molecular weight is 263 g/mol. The molecule has 1 heterocycles. The van der Waals surface area contributed by atoms with E-state index in [0.29, 0.717) is 5.56 Å². The Balaban J connectivity index is 2.73. The molecular weight excluding hydrogens is 256 g/mol. The molecule has 0 saturated heterocycles. The van der Waals surface area contributed by atoms with Crippen LogP contribution in [0.2, 0.25) is 0 Å². The Labute approximate surface area is 84.4 Å². The summed E-state index contributed by atoms with van der Waals surface area (Å²) < 4.78 is 23.6. The molecule has 0 spiro atoms. The van der Waals surface area contributed by atoms with Crippen LogP contribution in [0.5, 0.6) is 0 Å². The maximum Gasteiger partial charge on any atom is 0.181 e. The van der Waals surface area contributed by atoms with Gasteiger partial charge in [-0.15, -0.1) is 0 Å². The smallest absolute Gasteiger partial charge is 0.181 e. The van der Waals surface area contributed by atoms with E-state index in [1.54, 1.807) is 12.1 Å². The molecule has 1 aromatic carbocycles. The summed E-state index contributed by atoms with van der Waals surface area (Å²) in [5.74, 6) is -0.196. The molecule has 1 aliphatic rings. The Morgan fingerprint density at radius 1 is 1.46 bits per heavy atom. The van der Waals surface area contributed by atoms with Crippen molar-refractivity contribution in [3.63, 3.8) is 0 Å². The van der Waals surface area contributed by atoms with Crippen LogP contribution in [0.1, 0.15) is 11.7 Å². The molecule has 0 amide bonds. The van der Waals surface area contributed by atoms with Crippen LogP contribution in [-0.2, 0) is 9.84 Å². The number of benzene rings is 1. The highest BCUT2D eigenvalue weighted by Crippen LogP contribution is 2.34. The minimum absolute atomic E-state index is 0.196. The molecule has 0 fully saturated rings. The zero-order valence-electron chi connectivity index (χ0n) is 6.57. The molecule has 0 bridgehead atoms. The zero-order valence-corrected chi connectivity index (χ0v) is 8.97. The highest BCUT2D eigenvalue weighted by atomic mass is 79.9. The molecule has 70 valence electrons. The predicted molar refractivity (Wildman–Crippen MR) is 51.2 cm³/mol. The van der Waals surface area contributed by atoms with Gasteiger partial charge in [-0.3, -0.25) is 0 Å². The van der Waals surface area contributed by atoms with Gasteiger partial charge in [-0.05, 0) is 18.2 Å². The van der Waals surface area contributed by atoms with Crippen molar-refractivity contribution >= 4 is 25.8 Å². The van der Waals surface area contributed by atoms with E-state index in [2.05, 4.69) is 15.9 Å². The van der Waals surface area contributed by atoms with Crippen LogP contribution >= 0.6 is 15.9 Å². The van der Waals surface area contributed by atoms with Crippen LogP contribution < -0.4 is 0 Å². The molecule has 1 atom stereocenters.